The lowest BCUT2D eigenvalue weighted by Crippen LogP contribution is -1.92. The summed E-state index contributed by atoms with van der Waals surface area (Å²) in [6.45, 7) is 0. The summed E-state index contributed by atoms with van der Waals surface area (Å²) in [6, 6.07) is 55.0. The second-order valence-corrected chi connectivity index (χ2v) is 13.5. The van der Waals surface area contributed by atoms with Gasteiger partial charge in [-0.3, -0.25) is 0 Å². The van der Waals surface area contributed by atoms with E-state index in [9.17, 15) is 0 Å². The van der Waals surface area contributed by atoms with Gasteiger partial charge in [0, 0.05) is 52.8 Å². The molecule has 0 aliphatic carbocycles. The summed E-state index contributed by atoms with van der Waals surface area (Å²) in [5.74, 6) is 0. The lowest BCUT2D eigenvalue weighted by atomic mass is 9.93. The van der Waals surface area contributed by atoms with Crippen LogP contribution in [-0.4, -0.2) is 4.57 Å². The second kappa shape index (κ2) is 9.32. The van der Waals surface area contributed by atoms with Gasteiger partial charge in [-0.15, -0.1) is 11.3 Å². The first-order chi connectivity index (χ1) is 23.3. The number of hydrogen-bond donors (Lipinski definition) is 0. The number of aromatic nitrogens is 1. The van der Waals surface area contributed by atoms with Gasteiger partial charge in [0.25, 0.3) is 0 Å². The minimum absolute atomic E-state index is 0.931. The molecule has 47 heavy (non-hydrogen) atoms. The fraction of sp³-hybridized carbons (Fsp3) is 0. The molecule has 0 amide bonds. The number of furan rings is 1. The molecule has 0 saturated heterocycles. The summed E-state index contributed by atoms with van der Waals surface area (Å²) in [6.07, 6.45) is 0. The molecular formula is C44H25NOS. The van der Waals surface area contributed by atoms with Gasteiger partial charge in [-0.1, -0.05) is 109 Å². The number of thiophene rings is 1. The predicted octanol–water partition coefficient (Wildman–Crippen LogP) is 13.0. The Bertz CT molecular complexity index is 3070. The van der Waals surface area contributed by atoms with Crippen LogP contribution in [-0.2, 0) is 0 Å². The average molecular weight is 616 g/mol. The SMILES string of the molecule is c1ccc(-n2c3ccccc3c3cc(-c4cccc5c4sc4ccc6c7ccccc7c7c8ccccc8oc7c6c45)ccc32)cc1. The topological polar surface area (TPSA) is 18.1 Å². The average Bonchev–Trinajstić information content (AvgIpc) is 3.81. The maximum Gasteiger partial charge on any atom is 0.144 e. The molecule has 218 valence electrons. The van der Waals surface area contributed by atoms with Crippen LogP contribution in [0.2, 0.25) is 0 Å². The number of fused-ring (bicyclic) bond motifs is 15. The highest BCUT2D eigenvalue weighted by Gasteiger charge is 2.21. The van der Waals surface area contributed by atoms with Crippen molar-refractivity contribution in [3.63, 3.8) is 0 Å². The molecule has 0 fully saturated rings. The summed E-state index contributed by atoms with van der Waals surface area (Å²) in [4.78, 5) is 0. The Morgan fingerprint density at radius 3 is 2.04 bits per heavy atom. The van der Waals surface area contributed by atoms with Crippen LogP contribution < -0.4 is 0 Å². The van der Waals surface area contributed by atoms with E-state index in [2.05, 4.69) is 156 Å². The molecule has 0 aliphatic heterocycles. The Labute approximate surface area is 273 Å². The molecule has 0 aliphatic rings. The van der Waals surface area contributed by atoms with Gasteiger partial charge in [-0.05, 0) is 69.8 Å². The fourth-order valence-corrected chi connectivity index (χ4v) is 9.24. The first-order valence-electron chi connectivity index (χ1n) is 16.0. The number of para-hydroxylation sites is 3. The molecule has 0 unspecified atom stereocenters. The van der Waals surface area contributed by atoms with Crippen molar-refractivity contribution in [2.75, 3.05) is 0 Å². The van der Waals surface area contributed by atoms with Crippen molar-refractivity contribution in [2.24, 2.45) is 0 Å². The molecular weight excluding hydrogens is 591 g/mol. The van der Waals surface area contributed by atoms with E-state index in [1.807, 2.05) is 11.3 Å². The van der Waals surface area contributed by atoms with Crippen molar-refractivity contribution in [3.05, 3.63) is 152 Å². The largest absolute Gasteiger partial charge is 0.455 e. The highest BCUT2D eigenvalue weighted by Crippen LogP contribution is 2.48. The number of nitrogens with zero attached hydrogens (tertiary/aromatic N) is 1. The van der Waals surface area contributed by atoms with E-state index >= 15 is 0 Å². The molecule has 0 N–H and O–H groups in total. The lowest BCUT2D eigenvalue weighted by Gasteiger charge is -2.09. The maximum absolute atomic E-state index is 6.75. The van der Waals surface area contributed by atoms with Crippen molar-refractivity contribution in [1.82, 2.24) is 4.57 Å². The molecule has 3 heteroatoms. The van der Waals surface area contributed by atoms with Crippen LogP contribution in [0.3, 0.4) is 0 Å². The zero-order chi connectivity index (χ0) is 30.6. The maximum atomic E-state index is 6.75. The van der Waals surface area contributed by atoms with E-state index in [0.29, 0.717) is 0 Å². The summed E-state index contributed by atoms with van der Waals surface area (Å²) >= 11 is 1.88. The summed E-state index contributed by atoms with van der Waals surface area (Å²) < 4.78 is 11.7. The summed E-state index contributed by atoms with van der Waals surface area (Å²) in [5.41, 5.74) is 8.01. The van der Waals surface area contributed by atoms with Crippen LogP contribution in [0.4, 0.5) is 0 Å². The molecule has 8 aromatic carbocycles. The minimum Gasteiger partial charge on any atom is -0.455 e. The van der Waals surface area contributed by atoms with Gasteiger partial charge in [-0.25, -0.2) is 0 Å². The van der Waals surface area contributed by atoms with E-state index < -0.39 is 0 Å². The van der Waals surface area contributed by atoms with Gasteiger partial charge in [0.05, 0.1) is 11.0 Å². The quantitative estimate of drug-likeness (QED) is 0.177. The first kappa shape index (κ1) is 25.3. The Balaban J connectivity index is 1.23. The number of benzene rings is 8. The van der Waals surface area contributed by atoms with Gasteiger partial charge in [0.2, 0.25) is 0 Å². The lowest BCUT2D eigenvalue weighted by molar-refractivity contribution is 0.673. The van der Waals surface area contributed by atoms with Gasteiger partial charge < -0.3 is 8.98 Å². The molecule has 0 bridgehead atoms. The van der Waals surface area contributed by atoms with Gasteiger partial charge in [-0.2, -0.15) is 0 Å². The van der Waals surface area contributed by atoms with Crippen LogP contribution in [0.1, 0.15) is 0 Å². The van der Waals surface area contributed by atoms with Crippen LogP contribution in [0.15, 0.2) is 156 Å². The monoisotopic (exact) mass is 615 g/mol. The number of hydrogen-bond acceptors (Lipinski definition) is 2. The molecule has 0 spiro atoms. The molecule has 0 atom stereocenters. The van der Waals surface area contributed by atoms with Gasteiger partial charge in [0.1, 0.15) is 11.2 Å². The van der Waals surface area contributed by atoms with E-state index in [1.165, 1.54) is 91.1 Å². The second-order valence-electron chi connectivity index (χ2n) is 12.4. The zero-order valence-corrected chi connectivity index (χ0v) is 26.0. The first-order valence-corrected chi connectivity index (χ1v) is 16.8. The smallest absolute Gasteiger partial charge is 0.144 e. The van der Waals surface area contributed by atoms with E-state index in [-0.39, 0.29) is 0 Å². The van der Waals surface area contributed by atoms with Crippen LogP contribution in [0, 0.1) is 0 Å². The zero-order valence-electron chi connectivity index (χ0n) is 25.2. The normalized spacial score (nSPS) is 12.3. The van der Waals surface area contributed by atoms with Crippen molar-refractivity contribution in [3.8, 4) is 16.8 Å². The van der Waals surface area contributed by atoms with Crippen LogP contribution >= 0.6 is 11.3 Å². The third-order valence-electron chi connectivity index (χ3n) is 9.97. The van der Waals surface area contributed by atoms with Gasteiger partial charge in [0.15, 0.2) is 0 Å². The van der Waals surface area contributed by atoms with E-state index in [1.54, 1.807) is 0 Å². The Morgan fingerprint density at radius 2 is 1.15 bits per heavy atom. The highest BCUT2D eigenvalue weighted by atomic mass is 32.1. The Hall–Kier alpha value is -5.90. The number of rotatable bonds is 2. The van der Waals surface area contributed by atoms with Crippen molar-refractivity contribution < 1.29 is 4.42 Å². The molecule has 3 heterocycles. The molecule has 11 rings (SSSR count). The highest BCUT2D eigenvalue weighted by molar-refractivity contribution is 7.26. The standard InChI is InChI=1S/C44H25NOS/c1-2-11-27(12-3-1)45-36-19-8-6-14-30(36)35-25-26(21-23-37(35)45)28-17-10-18-34-41-39(47-44(28)34)24-22-32-29-13-4-5-15-31(29)40-33-16-7-9-20-38(33)46-43(40)42(32)41/h1-25H. The Kier molecular flexibility index (Phi) is 5.02. The third kappa shape index (κ3) is 3.39. The van der Waals surface area contributed by atoms with Gasteiger partial charge >= 0.3 is 0 Å². The van der Waals surface area contributed by atoms with Crippen LogP contribution in [0.25, 0.3) is 102 Å². The molecule has 2 nitrogen and oxygen atoms in total. The third-order valence-corrected chi connectivity index (χ3v) is 11.2. The molecule has 11 aromatic rings. The van der Waals surface area contributed by atoms with E-state index in [0.717, 1.165) is 11.2 Å². The summed E-state index contributed by atoms with van der Waals surface area (Å²) in [5, 5.41) is 12.4. The predicted molar refractivity (Wildman–Crippen MR) is 201 cm³/mol. The summed E-state index contributed by atoms with van der Waals surface area (Å²) in [7, 11) is 0. The van der Waals surface area contributed by atoms with Crippen LogP contribution in [0.5, 0.6) is 0 Å². The van der Waals surface area contributed by atoms with Crippen molar-refractivity contribution >= 4 is 96.8 Å². The van der Waals surface area contributed by atoms with Crippen molar-refractivity contribution in [2.45, 2.75) is 0 Å². The molecule has 0 saturated carbocycles. The van der Waals surface area contributed by atoms with E-state index in [4.69, 9.17) is 4.42 Å². The van der Waals surface area contributed by atoms with Crippen molar-refractivity contribution in [1.29, 1.82) is 0 Å². The Morgan fingerprint density at radius 1 is 0.447 bits per heavy atom. The minimum atomic E-state index is 0.931. The fourth-order valence-electron chi connectivity index (χ4n) is 8.00. The molecule has 0 radical (unpaired) electrons. The molecule has 3 aromatic heterocycles.